The molecule has 0 aliphatic rings. The Labute approximate surface area is 632 Å². The Morgan fingerprint density at radius 3 is 1.58 bits per heavy atom. The smallest absolute Gasteiger partial charge is 0.269 e. The van der Waals surface area contributed by atoms with Gasteiger partial charge in [-0.05, 0) is 172 Å². The van der Waals surface area contributed by atoms with Gasteiger partial charge in [0, 0.05) is 32.7 Å². The first-order chi connectivity index (χ1) is 63.2. The third kappa shape index (κ3) is 11.6. The quantitative estimate of drug-likeness (QED) is 0.0471. The van der Waals surface area contributed by atoms with Gasteiger partial charge >= 0.3 is 0 Å². The summed E-state index contributed by atoms with van der Waals surface area (Å²) in [7, 11) is -6.64. The van der Waals surface area contributed by atoms with Gasteiger partial charge in [0.1, 0.15) is 17.3 Å². The van der Waals surface area contributed by atoms with E-state index in [1.165, 1.54) is 27.3 Å². The molecule has 0 N–H and O–H groups in total. The number of rotatable bonds is 14. The molecule has 0 bridgehead atoms. The van der Waals surface area contributed by atoms with Crippen LogP contribution >= 0.6 is 0 Å². The first-order valence-electron chi connectivity index (χ1n) is 49.4. The number of imidazole rings is 1. The minimum atomic E-state index is -6.64. The molecule has 16 rings (SSSR count). The molecule has 0 saturated carbocycles. The first kappa shape index (κ1) is 34.0. The molecule has 0 unspecified atom stereocenters. The van der Waals surface area contributed by atoms with Gasteiger partial charge < -0.3 is 4.74 Å². The average Bonchev–Trinajstić information content (AvgIpc) is 1.50. The number of hydrogen-bond acceptors (Lipinski definition) is 2. The van der Waals surface area contributed by atoms with Gasteiger partial charge in [0.15, 0.2) is 8.07 Å². The Morgan fingerprint density at radius 1 is 0.434 bits per heavy atom. The highest BCUT2D eigenvalue weighted by atomic mass is 28.3. The maximum atomic E-state index is 11.0. The van der Waals surface area contributed by atoms with Gasteiger partial charge in [-0.15, -0.1) is 0 Å². The second-order valence-electron chi connectivity index (χ2n) is 25.4. The number of benzene rings is 13. The summed E-state index contributed by atoms with van der Waals surface area (Å²) >= 11 is 0. The number of nitrogens with zero attached hydrogens (tertiary/aromatic N) is 4. The largest absolute Gasteiger partial charge is 0.458 e. The van der Waals surface area contributed by atoms with Gasteiger partial charge in [0.2, 0.25) is 0 Å². The molecule has 5 nitrogen and oxygen atoms in total. The standard InChI is InChI=1S/C93H76N4OSi/c1-64-53-90(94-62-84(64)68-33-18-10-19-34-68)97-85-44-27-26-43-81(85)82-51-50-77(61-87(82)97)98-76-36-28-35-75(60-76)95-63-96(86-52-47-69(57-88(86)95)67-45-48-73(49-46-67)92(2,3)4)91-83(72-55-70(65-29-14-8-15-30-65)54-71(56-72)66-31-16-9-17-32-66)58-74(93(5,6)7)59-89(91)99(78-37-20-11-21-38-78,79-39-22-12-23-40-79)80-41-24-13-25-42-80/h8-62H,1-7H3/i1D3,8D,9D,10D,11D,12D,13D,14D,15D,16D,17D,18D,19D,20D,21D,22D,23D,24D,25D,29D,30D,31D,32D,33D,34D,37D,38D,39D,40D,41D,42D,54D,55D,56D. The third-order valence-corrected chi connectivity index (χ3v) is 21.5. The maximum absolute atomic E-state index is 11.0. The van der Waals surface area contributed by atoms with Crippen LogP contribution in [-0.2, 0) is 10.8 Å². The van der Waals surface area contributed by atoms with Gasteiger partial charge in [0.25, 0.3) is 6.33 Å². The molecule has 478 valence electrons. The number of aromatic nitrogens is 4. The third-order valence-electron chi connectivity index (χ3n) is 17.3. The SMILES string of the molecule is [2H]c1c([2H])c([2H])c(-c2cnc(-n3c4ccccc4c4ccc(Oc5cccc(-n6[c-][n+](-c7c(-c8c([2H])c(-c9c([2H])c([2H])c([2H])c([2H])c9[2H])c([2H])c(-c9c([2H])c([2H])c([2H])c([2H])c9[2H])c8[2H])cc(C(C)(C)C)cc7[Si](c7c([2H])c([2H])c([2H])c([2H])c7[2H])(c7c([2H])c([2H])c([2H])c([2H])c7[2H])c7c([2H])c([2H])c([2H])c([2H])c7[2H])c7ccc(-c8ccc(C(C)(C)C)cc8)cc76)c5)cc43)cc2C([2H])([2H])[2H])c([2H])c1[2H]. The van der Waals surface area contributed by atoms with Crippen molar-refractivity contribution in [2.24, 2.45) is 0 Å². The summed E-state index contributed by atoms with van der Waals surface area (Å²) in [5.41, 5.74) is -5.63. The minimum absolute atomic E-state index is 0.0277. The van der Waals surface area contributed by atoms with E-state index in [1.807, 2.05) is 51.1 Å². The fraction of sp³-hybridized carbons (Fsp3) is 0.0968. The van der Waals surface area contributed by atoms with Crippen LogP contribution in [-0.4, -0.2) is 22.2 Å². The molecule has 0 spiro atoms. The molecule has 0 saturated heterocycles. The summed E-state index contributed by atoms with van der Waals surface area (Å²) < 4.78 is 354. The van der Waals surface area contributed by atoms with Crippen molar-refractivity contribution in [3.05, 3.63) is 356 Å². The van der Waals surface area contributed by atoms with Crippen LogP contribution in [0.2, 0.25) is 0 Å². The van der Waals surface area contributed by atoms with Crippen molar-refractivity contribution in [1.82, 2.24) is 14.1 Å². The van der Waals surface area contributed by atoms with E-state index in [0.29, 0.717) is 32.9 Å². The molecule has 16 aromatic rings. The predicted octanol–water partition coefficient (Wildman–Crippen LogP) is 20.6. The van der Waals surface area contributed by atoms with E-state index in [0.717, 1.165) is 11.8 Å². The van der Waals surface area contributed by atoms with E-state index in [-0.39, 0.29) is 50.6 Å². The molecule has 99 heavy (non-hydrogen) atoms. The van der Waals surface area contributed by atoms with Crippen LogP contribution in [0.4, 0.5) is 0 Å². The number of ether oxygens (including phenoxy) is 1. The molecule has 0 amide bonds. The Kier molecular flexibility index (Phi) is 8.71. The summed E-state index contributed by atoms with van der Waals surface area (Å²) in [4.78, 5) is 4.74. The van der Waals surface area contributed by atoms with Crippen molar-refractivity contribution in [2.45, 2.75) is 59.2 Å². The van der Waals surface area contributed by atoms with Gasteiger partial charge in [-0.1, -0.05) is 296 Å². The second kappa shape index (κ2) is 25.4. The van der Waals surface area contributed by atoms with Crippen molar-refractivity contribution in [3.8, 4) is 84.3 Å². The molecule has 3 heterocycles. The monoisotopic (exact) mass is 1330 g/mol. The Balaban J connectivity index is 1.10. The highest BCUT2D eigenvalue weighted by Gasteiger charge is 2.45. The zero-order valence-electron chi connectivity index (χ0n) is 89.9. The lowest BCUT2D eigenvalue weighted by Crippen LogP contribution is -2.76. The van der Waals surface area contributed by atoms with Gasteiger partial charge in [-0.2, -0.15) is 0 Å². The Hall–Kier alpha value is -11.7. The Bertz CT molecular complexity index is 7450. The fourth-order valence-corrected chi connectivity index (χ4v) is 16.6. The van der Waals surface area contributed by atoms with E-state index in [1.54, 1.807) is 104 Å². The maximum Gasteiger partial charge on any atom is 0.269 e. The second-order valence-corrected chi connectivity index (χ2v) is 29.0. The van der Waals surface area contributed by atoms with E-state index in [2.05, 4.69) is 6.33 Å². The van der Waals surface area contributed by atoms with Crippen molar-refractivity contribution in [3.63, 3.8) is 0 Å². The normalized spacial score (nSPS) is 17.2. The lowest BCUT2D eigenvalue weighted by Gasteiger charge is -2.38. The topological polar surface area (TPSA) is 35.9 Å². The summed E-state index contributed by atoms with van der Waals surface area (Å²) in [6.07, 6.45) is 4.60. The van der Waals surface area contributed by atoms with E-state index >= 15 is 0 Å². The van der Waals surface area contributed by atoms with Crippen molar-refractivity contribution in [1.29, 1.82) is 0 Å². The lowest BCUT2D eigenvalue weighted by molar-refractivity contribution is -0.570. The minimum Gasteiger partial charge on any atom is -0.458 e. The summed E-state index contributed by atoms with van der Waals surface area (Å²) in [6.45, 7) is 7.93. The summed E-state index contributed by atoms with van der Waals surface area (Å²) in [6, 6.07) is 0.347. The molecular weight excluding hydrogens is 1220 g/mol. The molecule has 6 heteroatoms. The van der Waals surface area contributed by atoms with Crippen LogP contribution in [0, 0.1) is 13.2 Å². The molecule has 0 aliphatic heterocycles. The van der Waals surface area contributed by atoms with Crippen LogP contribution in [0.5, 0.6) is 11.5 Å². The van der Waals surface area contributed by atoms with Crippen LogP contribution in [0.1, 0.15) is 108 Å². The number of aryl methyl sites for hydroxylation is 1. The van der Waals surface area contributed by atoms with Gasteiger partial charge in [-0.25, -0.2) is 4.98 Å². The zero-order valence-corrected chi connectivity index (χ0v) is 54.9. The molecule has 3 aromatic heterocycles. The molecule has 13 aromatic carbocycles. The fourth-order valence-electron chi connectivity index (χ4n) is 12.5. The predicted molar refractivity (Wildman–Crippen MR) is 415 cm³/mol. The van der Waals surface area contributed by atoms with Gasteiger partial charge in [0.05, 0.1) is 78.7 Å². The van der Waals surface area contributed by atoms with Gasteiger partial charge in [-0.3, -0.25) is 13.7 Å². The number of fused-ring (bicyclic) bond motifs is 4. The van der Waals surface area contributed by atoms with Crippen molar-refractivity contribution < 1.29 is 58.7 Å². The highest BCUT2D eigenvalue weighted by molar-refractivity contribution is 7.20. The summed E-state index contributed by atoms with van der Waals surface area (Å²) in [5.74, 6) is 0.229. The molecule has 0 aliphatic carbocycles. The lowest BCUT2D eigenvalue weighted by atomic mass is 9.84. The van der Waals surface area contributed by atoms with E-state index in [4.69, 9.17) is 28.9 Å². The number of para-hydroxylation sites is 1. The van der Waals surface area contributed by atoms with E-state index in [9.17, 15) is 30.2 Å². The molecule has 0 atom stereocenters. The van der Waals surface area contributed by atoms with Crippen LogP contribution in [0.3, 0.4) is 0 Å². The molecular formula is C93H76N4OSi. The number of hydrogen-bond donors (Lipinski definition) is 0. The highest BCUT2D eigenvalue weighted by Crippen LogP contribution is 2.41. The van der Waals surface area contributed by atoms with Crippen LogP contribution in [0.15, 0.2) is 333 Å². The zero-order chi connectivity index (χ0) is 98.6. The molecule has 0 fully saturated rings. The first-order valence-corrected chi connectivity index (χ1v) is 33.4. The van der Waals surface area contributed by atoms with Crippen LogP contribution in [0.25, 0.3) is 106 Å². The molecule has 0 radical (unpaired) electrons. The van der Waals surface area contributed by atoms with E-state index < -0.39 is 291 Å². The Morgan fingerprint density at radius 2 is 0.980 bits per heavy atom. The summed E-state index contributed by atoms with van der Waals surface area (Å²) in [5, 5.41) is -2.43. The average molecular weight is 1330 g/mol. The van der Waals surface area contributed by atoms with Crippen LogP contribution < -0.4 is 30.1 Å². The number of pyridine rings is 1. The van der Waals surface area contributed by atoms with Crippen molar-refractivity contribution in [2.75, 3.05) is 0 Å². The van der Waals surface area contributed by atoms with Crippen molar-refractivity contribution >= 4 is 61.7 Å².